The Bertz CT molecular complexity index is 418. The number of rotatable bonds is 6. The number of piperazine rings is 1. The molecule has 0 aromatic rings. The molecule has 2 N–H and O–H groups in total. The van der Waals surface area contributed by atoms with E-state index in [1.165, 1.54) is 0 Å². The summed E-state index contributed by atoms with van der Waals surface area (Å²) >= 11 is 0. The van der Waals surface area contributed by atoms with E-state index in [4.69, 9.17) is 0 Å². The quantitative estimate of drug-likeness (QED) is 0.555. The maximum absolute atomic E-state index is 12.2. The highest BCUT2D eigenvalue weighted by Gasteiger charge is 2.27. The molecule has 0 aliphatic carbocycles. The molecule has 1 aliphatic rings. The van der Waals surface area contributed by atoms with Crippen LogP contribution in [0.15, 0.2) is 4.99 Å². The Labute approximate surface area is 141 Å². The summed E-state index contributed by atoms with van der Waals surface area (Å²) in [5, 5.41) is 5.88. The summed E-state index contributed by atoms with van der Waals surface area (Å²) in [5.74, 6) is 0.497. The summed E-state index contributed by atoms with van der Waals surface area (Å²) in [6, 6.07) is 0.111. The van der Waals surface area contributed by atoms with E-state index in [2.05, 4.69) is 15.6 Å². The van der Waals surface area contributed by atoms with Crippen molar-refractivity contribution in [3.05, 3.63) is 0 Å². The molecule has 1 rings (SSSR count). The number of alkyl halides is 3. The Balaban J connectivity index is 2.47. The second-order valence-electron chi connectivity index (χ2n) is 6.09. The number of carbonyl (C=O) groups excluding carboxylic acids is 1. The highest BCUT2D eigenvalue weighted by atomic mass is 19.4. The maximum Gasteiger partial charge on any atom is 0.390 e. The monoisotopic (exact) mass is 351 g/mol. The van der Waals surface area contributed by atoms with Gasteiger partial charge >= 0.3 is 6.18 Å². The number of amides is 1. The van der Waals surface area contributed by atoms with Gasteiger partial charge in [0.25, 0.3) is 0 Å². The molecule has 0 aromatic carbocycles. The summed E-state index contributed by atoms with van der Waals surface area (Å²) in [5.41, 5.74) is 0. The molecular formula is C15H28F3N5O. The number of nitrogens with one attached hydrogen (secondary N) is 2. The molecule has 1 heterocycles. The van der Waals surface area contributed by atoms with E-state index >= 15 is 0 Å². The largest absolute Gasteiger partial charge is 0.390 e. The minimum Gasteiger partial charge on any atom is -0.357 e. The van der Waals surface area contributed by atoms with Crippen molar-refractivity contribution < 1.29 is 18.0 Å². The zero-order valence-corrected chi connectivity index (χ0v) is 14.6. The van der Waals surface area contributed by atoms with Crippen molar-refractivity contribution in [2.45, 2.75) is 39.4 Å². The Morgan fingerprint density at radius 1 is 1.21 bits per heavy atom. The van der Waals surface area contributed by atoms with Crippen molar-refractivity contribution in [3.8, 4) is 0 Å². The molecule has 1 amide bonds. The topological polar surface area (TPSA) is 60.0 Å². The smallest absolute Gasteiger partial charge is 0.357 e. The summed E-state index contributed by atoms with van der Waals surface area (Å²) in [7, 11) is 0. The van der Waals surface area contributed by atoms with Gasteiger partial charge in [0.2, 0.25) is 5.91 Å². The molecule has 1 fully saturated rings. The van der Waals surface area contributed by atoms with Crippen LogP contribution in [0.25, 0.3) is 0 Å². The van der Waals surface area contributed by atoms with E-state index in [1.54, 1.807) is 0 Å². The molecule has 1 aliphatic heterocycles. The van der Waals surface area contributed by atoms with Gasteiger partial charge in [0.1, 0.15) is 0 Å². The van der Waals surface area contributed by atoms with Crippen LogP contribution in [0, 0.1) is 0 Å². The van der Waals surface area contributed by atoms with Crippen molar-refractivity contribution in [1.29, 1.82) is 0 Å². The Morgan fingerprint density at radius 2 is 1.83 bits per heavy atom. The lowest BCUT2D eigenvalue weighted by molar-refractivity contribution is -0.132. The third-order valence-corrected chi connectivity index (χ3v) is 3.48. The van der Waals surface area contributed by atoms with Crippen LogP contribution in [0.1, 0.15) is 27.2 Å². The van der Waals surface area contributed by atoms with Crippen molar-refractivity contribution in [2.75, 3.05) is 45.8 Å². The minimum absolute atomic E-state index is 0.01000. The average molecular weight is 351 g/mol. The molecule has 0 radical (unpaired) electrons. The fourth-order valence-corrected chi connectivity index (χ4v) is 2.40. The molecule has 0 unspecified atom stereocenters. The van der Waals surface area contributed by atoms with Crippen molar-refractivity contribution in [2.24, 2.45) is 4.99 Å². The van der Waals surface area contributed by atoms with Gasteiger partial charge in [-0.05, 0) is 20.8 Å². The van der Waals surface area contributed by atoms with E-state index in [1.807, 2.05) is 30.6 Å². The lowest BCUT2D eigenvalue weighted by atomic mass is 10.3. The first-order valence-electron chi connectivity index (χ1n) is 8.33. The lowest BCUT2D eigenvalue weighted by Gasteiger charge is -2.36. The second-order valence-corrected chi connectivity index (χ2v) is 6.09. The second kappa shape index (κ2) is 9.71. The molecule has 0 aromatic heterocycles. The molecule has 140 valence electrons. The molecule has 1 saturated heterocycles. The number of aliphatic imine (C=N–C) groups is 1. The Kier molecular flexibility index (Phi) is 8.30. The predicted molar refractivity (Wildman–Crippen MR) is 87.9 cm³/mol. The zero-order valence-electron chi connectivity index (χ0n) is 14.6. The fourth-order valence-electron chi connectivity index (χ4n) is 2.40. The summed E-state index contributed by atoms with van der Waals surface area (Å²) in [6.07, 6.45) is -5.11. The number of hydrogen-bond acceptors (Lipinski definition) is 3. The third kappa shape index (κ3) is 8.37. The fraction of sp³-hybridized carbons (Fsp3) is 0.867. The molecule has 6 nitrogen and oxygen atoms in total. The van der Waals surface area contributed by atoms with Crippen LogP contribution >= 0.6 is 0 Å². The molecule has 0 bridgehead atoms. The van der Waals surface area contributed by atoms with Crippen LogP contribution in [0.2, 0.25) is 0 Å². The van der Waals surface area contributed by atoms with Gasteiger partial charge in [0.15, 0.2) is 5.96 Å². The number of nitrogens with zero attached hydrogens (tertiary/aromatic N) is 3. The van der Waals surface area contributed by atoms with Gasteiger partial charge in [0.05, 0.1) is 19.5 Å². The van der Waals surface area contributed by atoms with Gasteiger partial charge in [-0.15, -0.1) is 0 Å². The SMILES string of the molecule is CCNC(=NCCC(F)(F)F)N1CCN(CC(=O)NC(C)C)CC1. The summed E-state index contributed by atoms with van der Waals surface area (Å²) in [4.78, 5) is 19.8. The molecule has 9 heteroatoms. The predicted octanol–water partition coefficient (Wildman–Crippen LogP) is 1.05. The van der Waals surface area contributed by atoms with Crippen LogP contribution < -0.4 is 10.6 Å². The molecule has 0 saturated carbocycles. The van der Waals surface area contributed by atoms with Crippen LogP contribution in [0.4, 0.5) is 13.2 Å². The van der Waals surface area contributed by atoms with E-state index < -0.39 is 12.6 Å². The van der Waals surface area contributed by atoms with Crippen LogP contribution in [-0.4, -0.2) is 79.7 Å². The lowest BCUT2D eigenvalue weighted by Crippen LogP contribution is -2.54. The third-order valence-electron chi connectivity index (χ3n) is 3.48. The van der Waals surface area contributed by atoms with Crippen molar-refractivity contribution in [3.63, 3.8) is 0 Å². The zero-order chi connectivity index (χ0) is 18.2. The highest BCUT2D eigenvalue weighted by molar-refractivity contribution is 5.80. The van der Waals surface area contributed by atoms with Crippen LogP contribution in [0.3, 0.4) is 0 Å². The van der Waals surface area contributed by atoms with Gasteiger partial charge in [-0.25, -0.2) is 0 Å². The van der Waals surface area contributed by atoms with E-state index in [0.717, 1.165) is 0 Å². The van der Waals surface area contributed by atoms with E-state index in [-0.39, 0.29) is 18.5 Å². The number of hydrogen-bond donors (Lipinski definition) is 2. The van der Waals surface area contributed by atoms with E-state index in [0.29, 0.717) is 45.2 Å². The molecular weight excluding hydrogens is 323 g/mol. The summed E-state index contributed by atoms with van der Waals surface area (Å²) in [6.45, 7) is 8.99. The van der Waals surface area contributed by atoms with Gasteiger partial charge < -0.3 is 15.5 Å². The van der Waals surface area contributed by atoms with Crippen molar-refractivity contribution in [1.82, 2.24) is 20.4 Å². The average Bonchev–Trinajstić information content (AvgIpc) is 2.45. The van der Waals surface area contributed by atoms with Gasteiger partial charge in [-0.1, -0.05) is 0 Å². The van der Waals surface area contributed by atoms with Crippen molar-refractivity contribution >= 4 is 11.9 Å². The first kappa shape index (κ1) is 20.5. The minimum atomic E-state index is -4.19. The normalized spacial score (nSPS) is 17.3. The number of guanidine groups is 1. The van der Waals surface area contributed by atoms with E-state index in [9.17, 15) is 18.0 Å². The summed E-state index contributed by atoms with van der Waals surface area (Å²) < 4.78 is 36.7. The first-order chi connectivity index (χ1) is 11.2. The highest BCUT2D eigenvalue weighted by Crippen LogP contribution is 2.19. The first-order valence-corrected chi connectivity index (χ1v) is 8.33. The number of carbonyl (C=O) groups is 1. The van der Waals surface area contributed by atoms with Crippen LogP contribution in [-0.2, 0) is 4.79 Å². The molecule has 0 spiro atoms. The standard InChI is InChI=1S/C15H28F3N5O/c1-4-19-14(20-6-5-15(16,17)18)23-9-7-22(8-10-23)11-13(24)21-12(2)3/h12H,4-11H2,1-3H3,(H,19,20)(H,21,24). The van der Waals surface area contributed by atoms with Gasteiger partial charge in [-0.2, -0.15) is 13.2 Å². The molecule has 24 heavy (non-hydrogen) atoms. The van der Waals surface area contributed by atoms with Gasteiger partial charge in [-0.3, -0.25) is 14.7 Å². The maximum atomic E-state index is 12.2. The van der Waals surface area contributed by atoms with Crippen LogP contribution in [0.5, 0.6) is 0 Å². The van der Waals surface area contributed by atoms with Gasteiger partial charge in [0, 0.05) is 38.8 Å². The Morgan fingerprint density at radius 3 is 2.33 bits per heavy atom. The number of halogens is 3. The molecule has 0 atom stereocenters. The Hall–Kier alpha value is -1.51.